The number of benzene rings is 6. The molecule has 0 atom stereocenters. The zero-order valence-electron chi connectivity index (χ0n) is 27.6. The Kier molecular flexibility index (Phi) is 8.13. The minimum Gasteiger partial charge on any atom is -0.257 e. The van der Waals surface area contributed by atoms with Crippen molar-refractivity contribution in [2.24, 2.45) is 4.99 Å². The van der Waals surface area contributed by atoms with Crippen molar-refractivity contribution in [3.8, 4) is 44.6 Å². The van der Waals surface area contributed by atoms with Gasteiger partial charge in [0.25, 0.3) is 0 Å². The maximum Gasteiger partial charge on any atom is 0.0701 e. The fraction of sp³-hybridized carbons (Fsp3) is 0.0638. The van der Waals surface area contributed by atoms with Gasteiger partial charge in [0, 0.05) is 23.5 Å². The molecule has 1 heterocycles. The van der Waals surface area contributed by atoms with Crippen LogP contribution in [0.1, 0.15) is 30.0 Å². The third kappa shape index (κ3) is 5.62. The number of allylic oxidation sites excluding steroid dienone is 3. The Morgan fingerprint density at radius 2 is 1.35 bits per heavy atom. The van der Waals surface area contributed by atoms with Gasteiger partial charge in [0.05, 0.1) is 11.4 Å². The second-order valence-electron chi connectivity index (χ2n) is 12.4. The van der Waals surface area contributed by atoms with E-state index in [2.05, 4.69) is 144 Å². The number of hydrogen-bond donors (Lipinski definition) is 0. The summed E-state index contributed by atoms with van der Waals surface area (Å²) in [4.78, 5) is 9.10. The Balaban J connectivity index is 1.39. The van der Waals surface area contributed by atoms with Gasteiger partial charge >= 0.3 is 0 Å². The number of nitrogens with zero attached hydrogens (tertiary/aromatic N) is 2. The quantitative estimate of drug-likeness (QED) is 0.127. The number of aliphatic imine (C=N–C) groups is 1. The molecule has 6 aromatic carbocycles. The first kappa shape index (κ1) is 30.2. The monoisotopic (exact) mass is 628 g/mol. The van der Waals surface area contributed by atoms with Crippen LogP contribution in [-0.2, 0) is 6.42 Å². The van der Waals surface area contributed by atoms with E-state index in [4.69, 9.17) is 0 Å². The summed E-state index contributed by atoms with van der Waals surface area (Å²) in [6, 6.07) is 46.4. The van der Waals surface area contributed by atoms with E-state index >= 15 is 0 Å². The largest absolute Gasteiger partial charge is 0.257 e. The predicted molar refractivity (Wildman–Crippen MR) is 210 cm³/mol. The molecule has 234 valence electrons. The molecule has 1 aliphatic rings. The SMILES string of the molecule is C=C/N=C(\C=C/C)c1ccc(-c2c3ccccc3c(-c3ccc(-c4ccccn4)cc3)c3ccc(-c4cccc5c4C=CCC5)cc23)cc1. The van der Waals surface area contributed by atoms with Crippen molar-refractivity contribution in [1.82, 2.24) is 4.98 Å². The molecule has 2 nitrogen and oxygen atoms in total. The van der Waals surface area contributed by atoms with Crippen LogP contribution in [0.4, 0.5) is 0 Å². The summed E-state index contributed by atoms with van der Waals surface area (Å²) in [6.07, 6.45) is 14.3. The van der Waals surface area contributed by atoms with Gasteiger partial charge in [0.1, 0.15) is 0 Å². The number of rotatable bonds is 7. The number of pyridine rings is 1. The van der Waals surface area contributed by atoms with Gasteiger partial charge in [-0.1, -0.05) is 134 Å². The molecule has 0 N–H and O–H groups in total. The van der Waals surface area contributed by atoms with E-state index in [0.717, 1.165) is 35.4 Å². The zero-order chi connectivity index (χ0) is 33.2. The second-order valence-corrected chi connectivity index (χ2v) is 12.4. The molecule has 0 saturated heterocycles. The number of hydrogen-bond acceptors (Lipinski definition) is 2. The molecule has 1 aromatic heterocycles. The molecule has 0 spiro atoms. The first-order valence-electron chi connectivity index (χ1n) is 16.9. The van der Waals surface area contributed by atoms with Crippen LogP contribution in [0.2, 0.25) is 0 Å². The van der Waals surface area contributed by atoms with Gasteiger partial charge in [0.2, 0.25) is 0 Å². The summed E-state index contributed by atoms with van der Waals surface area (Å²) in [5, 5.41) is 4.93. The Bertz CT molecular complexity index is 2430. The van der Waals surface area contributed by atoms with Gasteiger partial charge in [-0.15, -0.1) is 0 Å². The molecule has 0 bridgehead atoms. The van der Waals surface area contributed by atoms with E-state index in [1.807, 2.05) is 37.4 Å². The highest BCUT2D eigenvalue weighted by molar-refractivity contribution is 6.22. The molecule has 8 rings (SSSR count). The lowest BCUT2D eigenvalue weighted by Crippen LogP contribution is -1.97. The van der Waals surface area contributed by atoms with Crippen LogP contribution in [0.5, 0.6) is 0 Å². The summed E-state index contributed by atoms with van der Waals surface area (Å²) >= 11 is 0. The van der Waals surface area contributed by atoms with E-state index in [9.17, 15) is 0 Å². The Hall–Kier alpha value is -6.12. The van der Waals surface area contributed by atoms with Gasteiger partial charge in [-0.3, -0.25) is 9.98 Å². The normalized spacial score (nSPS) is 12.9. The third-order valence-corrected chi connectivity index (χ3v) is 9.55. The van der Waals surface area contributed by atoms with Gasteiger partial charge in [-0.05, 0) is 110 Å². The molecule has 0 amide bonds. The van der Waals surface area contributed by atoms with Gasteiger partial charge in [0.15, 0.2) is 0 Å². The van der Waals surface area contributed by atoms with Crippen LogP contribution >= 0.6 is 0 Å². The Morgan fingerprint density at radius 1 is 0.673 bits per heavy atom. The number of aromatic nitrogens is 1. The van der Waals surface area contributed by atoms with Gasteiger partial charge in [-0.25, -0.2) is 0 Å². The summed E-state index contributed by atoms with van der Waals surface area (Å²) < 4.78 is 0. The molecule has 0 radical (unpaired) electrons. The van der Waals surface area contributed by atoms with E-state index < -0.39 is 0 Å². The first-order chi connectivity index (χ1) is 24.2. The zero-order valence-corrected chi connectivity index (χ0v) is 27.6. The fourth-order valence-electron chi connectivity index (χ4n) is 7.31. The molecule has 2 heteroatoms. The molecule has 49 heavy (non-hydrogen) atoms. The van der Waals surface area contributed by atoms with Crippen LogP contribution in [0.3, 0.4) is 0 Å². The lowest BCUT2D eigenvalue weighted by molar-refractivity contribution is 0.986. The Labute approximate surface area is 288 Å². The maximum absolute atomic E-state index is 4.58. The highest BCUT2D eigenvalue weighted by Crippen LogP contribution is 2.45. The van der Waals surface area contributed by atoms with Crippen molar-refractivity contribution in [1.29, 1.82) is 0 Å². The molecule has 0 aliphatic heterocycles. The first-order valence-corrected chi connectivity index (χ1v) is 16.9. The van der Waals surface area contributed by atoms with Crippen LogP contribution in [0.15, 0.2) is 170 Å². The highest BCUT2D eigenvalue weighted by Gasteiger charge is 2.19. The third-order valence-electron chi connectivity index (χ3n) is 9.55. The van der Waals surface area contributed by atoms with Gasteiger partial charge in [-0.2, -0.15) is 0 Å². The van der Waals surface area contributed by atoms with Crippen molar-refractivity contribution < 1.29 is 0 Å². The van der Waals surface area contributed by atoms with E-state index in [0.29, 0.717) is 0 Å². The molecular formula is C47H36N2. The fourth-order valence-corrected chi connectivity index (χ4v) is 7.31. The number of fused-ring (bicyclic) bond motifs is 3. The lowest BCUT2D eigenvalue weighted by atomic mass is 9.83. The number of aryl methyl sites for hydroxylation is 1. The molecule has 0 fully saturated rings. The predicted octanol–water partition coefficient (Wildman–Crippen LogP) is 12.5. The molecule has 0 unspecified atom stereocenters. The van der Waals surface area contributed by atoms with E-state index in [1.54, 1.807) is 6.20 Å². The van der Waals surface area contributed by atoms with E-state index in [1.165, 1.54) is 66.1 Å². The van der Waals surface area contributed by atoms with Crippen LogP contribution in [0, 0.1) is 0 Å². The Morgan fingerprint density at radius 3 is 2.06 bits per heavy atom. The van der Waals surface area contributed by atoms with Crippen molar-refractivity contribution in [2.75, 3.05) is 0 Å². The highest BCUT2D eigenvalue weighted by atomic mass is 14.7. The topological polar surface area (TPSA) is 25.2 Å². The molecular weight excluding hydrogens is 593 g/mol. The minimum absolute atomic E-state index is 0.896. The van der Waals surface area contributed by atoms with Gasteiger partial charge < -0.3 is 0 Å². The average Bonchev–Trinajstić information content (AvgIpc) is 3.17. The minimum atomic E-state index is 0.896. The van der Waals surface area contributed by atoms with Crippen molar-refractivity contribution >= 4 is 33.3 Å². The summed E-state index contributed by atoms with van der Waals surface area (Å²) in [5.74, 6) is 0. The van der Waals surface area contributed by atoms with Crippen molar-refractivity contribution in [2.45, 2.75) is 19.8 Å². The second kappa shape index (κ2) is 13.2. The van der Waals surface area contributed by atoms with Crippen molar-refractivity contribution in [3.05, 3.63) is 181 Å². The summed E-state index contributed by atoms with van der Waals surface area (Å²) in [5.41, 5.74) is 14.1. The van der Waals surface area contributed by atoms with Crippen LogP contribution in [-0.4, -0.2) is 10.7 Å². The maximum atomic E-state index is 4.58. The molecule has 0 saturated carbocycles. The van der Waals surface area contributed by atoms with Crippen LogP contribution in [0.25, 0.3) is 72.3 Å². The molecule has 1 aliphatic carbocycles. The summed E-state index contributed by atoms with van der Waals surface area (Å²) in [6.45, 7) is 5.84. The van der Waals surface area contributed by atoms with E-state index in [-0.39, 0.29) is 0 Å². The average molecular weight is 629 g/mol. The van der Waals surface area contributed by atoms with Crippen molar-refractivity contribution in [3.63, 3.8) is 0 Å². The molecule has 7 aromatic rings. The lowest BCUT2D eigenvalue weighted by Gasteiger charge is -2.20. The smallest absolute Gasteiger partial charge is 0.0701 e. The summed E-state index contributed by atoms with van der Waals surface area (Å²) in [7, 11) is 0. The van der Waals surface area contributed by atoms with Crippen LogP contribution < -0.4 is 0 Å². The standard InChI is InChI=1S/C47H36N2/c1-3-12-44(48-4-2)33-20-26-36(27-21-33)47-41-17-8-7-16-40(41)46(35-24-22-34(23-25-35)45-19-9-10-30-49-45)42-29-28-37(31-43(42)47)39-18-11-14-32-13-5-6-15-38(32)39/h3-4,6-12,14-31H,2,5,13H2,1H3/b12-3-,48-44+.